The van der Waals surface area contributed by atoms with Crippen molar-refractivity contribution in [2.45, 2.75) is 32.2 Å². The Labute approximate surface area is 106 Å². The summed E-state index contributed by atoms with van der Waals surface area (Å²) in [5, 5.41) is 4.00. The zero-order valence-corrected chi connectivity index (χ0v) is 10.5. The lowest BCUT2D eigenvalue weighted by Crippen LogP contribution is -2.11. The van der Waals surface area contributed by atoms with Gasteiger partial charge < -0.3 is 10.3 Å². The van der Waals surface area contributed by atoms with Crippen LogP contribution >= 0.6 is 0 Å². The molecule has 1 heterocycles. The van der Waals surface area contributed by atoms with Crippen LogP contribution in [-0.2, 0) is 0 Å². The van der Waals surface area contributed by atoms with E-state index in [0.29, 0.717) is 11.7 Å². The third-order valence-electron chi connectivity index (χ3n) is 3.35. The standard InChI is InChI=1S/C14H17N3O/c1-9-2-6-11(7-3-9)13-16-14(18-17-13)12(15)8-10-4-5-10/h2-3,6-7,10,12H,4-5,8,15H2,1H3/t12-/m0/s1. The Morgan fingerprint density at radius 1 is 1.33 bits per heavy atom. The van der Waals surface area contributed by atoms with E-state index in [-0.39, 0.29) is 6.04 Å². The highest BCUT2D eigenvalue weighted by molar-refractivity contribution is 5.54. The Morgan fingerprint density at radius 3 is 2.72 bits per heavy atom. The Bertz CT molecular complexity index is 528. The second-order valence-electron chi connectivity index (χ2n) is 5.11. The summed E-state index contributed by atoms with van der Waals surface area (Å²) in [5.74, 6) is 1.93. The molecule has 18 heavy (non-hydrogen) atoms. The molecule has 4 heteroatoms. The average molecular weight is 243 g/mol. The van der Waals surface area contributed by atoms with Gasteiger partial charge in [0.2, 0.25) is 11.7 Å². The molecule has 1 fully saturated rings. The maximum absolute atomic E-state index is 6.06. The molecule has 0 amide bonds. The van der Waals surface area contributed by atoms with Crippen LogP contribution in [0.4, 0.5) is 0 Å². The molecule has 2 N–H and O–H groups in total. The quantitative estimate of drug-likeness (QED) is 0.896. The van der Waals surface area contributed by atoms with E-state index in [9.17, 15) is 0 Å². The van der Waals surface area contributed by atoms with Crippen LogP contribution in [0.25, 0.3) is 11.4 Å². The lowest BCUT2D eigenvalue weighted by atomic mass is 10.1. The number of rotatable bonds is 4. The number of hydrogen-bond donors (Lipinski definition) is 1. The predicted octanol–water partition coefficient (Wildman–Crippen LogP) is 2.84. The van der Waals surface area contributed by atoms with Crippen LogP contribution in [0, 0.1) is 12.8 Å². The molecule has 0 bridgehead atoms. The zero-order chi connectivity index (χ0) is 12.5. The first kappa shape index (κ1) is 11.4. The highest BCUT2D eigenvalue weighted by Crippen LogP contribution is 2.36. The maximum atomic E-state index is 6.06. The van der Waals surface area contributed by atoms with E-state index >= 15 is 0 Å². The molecule has 0 saturated heterocycles. The first-order chi connectivity index (χ1) is 8.72. The maximum Gasteiger partial charge on any atom is 0.243 e. The predicted molar refractivity (Wildman–Crippen MR) is 68.7 cm³/mol. The fraction of sp³-hybridized carbons (Fsp3) is 0.429. The van der Waals surface area contributed by atoms with Gasteiger partial charge in [-0.15, -0.1) is 0 Å². The van der Waals surface area contributed by atoms with E-state index in [0.717, 1.165) is 17.9 Å². The van der Waals surface area contributed by atoms with Crippen molar-refractivity contribution in [3.8, 4) is 11.4 Å². The van der Waals surface area contributed by atoms with Crippen molar-refractivity contribution in [1.29, 1.82) is 0 Å². The SMILES string of the molecule is Cc1ccc(-c2noc([C@@H](N)CC3CC3)n2)cc1. The molecule has 1 atom stereocenters. The van der Waals surface area contributed by atoms with Crippen LogP contribution < -0.4 is 5.73 Å². The number of nitrogens with two attached hydrogens (primary N) is 1. The van der Waals surface area contributed by atoms with E-state index in [1.54, 1.807) is 0 Å². The molecular formula is C14H17N3O. The van der Waals surface area contributed by atoms with Crippen molar-refractivity contribution in [3.05, 3.63) is 35.7 Å². The van der Waals surface area contributed by atoms with Crippen LogP contribution in [0.5, 0.6) is 0 Å². The van der Waals surface area contributed by atoms with Gasteiger partial charge in [0, 0.05) is 5.56 Å². The van der Waals surface area contributed by atoms with Crippen LogP contribution in [0.1, 0.15) is 36.8 Å². The van der Waals surface area contributed by atoms with Gasteiger partial charge in [0.25, 0.3) is 0 Å². The van der Waals surface area contributed by atoms with E-state index in [4.69, 9.17) is 10.3 Å². The van der Waals surface area contributed by atoms with Crippen molar-refractivity contribution in [2.75, 3.05) is 0 Å². The molecule has 1 aromatic carbocycles. The van der Waals surface area contributed by atoms with Gasteiger partial charge in [-0.05, 0) is 19.3 Å². The molecule has 1 saturated carbocycles. The summed E-state index contributed by atoms with van der Waals surface area (Å²) < 4.78 is 5.25. The summed E-state index contributed by atoms with van der Waals surface area (Å²) in [6.45, 7) is 2.05. The van der Waals surface area contributed by atoms with Gasteiger partial charge in [0.15, 0.2) is 0 Å². The molecule has 0 spiro atoms. The van der Waals surface area contributed by atoms with Crippen molar-refractivity contribution < 1.29 is 4.52 Å². The molecule has 4 nitrogen and oxygen atoms in total. The lowest BCUT2D eigenvalue weighted by molar-refractivity contribution is 0.344. The number of aryl methyl sites for hydroxylation is 1. The largest absolute Gasteiger partial charge is 0.337 e. The van der Waals surface area contributed by atoms with E-state index in [1.807, 2.05) is 24.3 Å². The smallest absolute Gasteiger partial charge is 0.243 e. The first-order valence-corrected chi connectivity index (χ1v) is 6.38. The summed E-state index contributed by atoms with van der Waals surface area (Å²) in [6.07, 6.45) is 3.52. The Balaban J connectivity index is 1.77. The van der Waals surface area contributed by atoms with Gasteiger partial charge in [-0.3, -0.25) is 0 Å². The van der Waals surface area contributed by atoms with Crippen molar-refractivity contribution >= 4 is 0 Å². The molecule has 0 radical (unpaired) electrons. The number of aromatic nitrogens is 2. The molecule has 1 aliphatic carbocycles. The Hall–Kier alpha value is -1.68. The Kier molecular flexibility index (Phi) is 2.88. The Morgan fingerprint density at radius 2 is 2.06 bits per heavy atom. The van der Waals surface area contributed by atoms with E-state index in [1.165, 1.54) is 18.4 Å². The molecule has 1 aliphatic rings. The van der Waals surface area contributed by atoms with Crippen LogP contribution in [0.2, 0.25) is 0 Å². The normalized spacial score (nSPS) is 16.8. The second-order valence-corrected chi connectivity index (χ2v) is 5.11. The summed E-state index contributed by atoms with van der Waals surface area (Å²) in [5.41, 5.74) is 8.24. The van der Waals surface area contributed by atoms with E-state index < -0.39 is 0 Å². The molecule has 2 aromatic rings. The van der Waals surface area contributed by atoms with Gasteiger partial charge in [-0.1, -0.05) is 47.8 Å². The summed E-state index contributed by atoms with van der Waals surface area (Å²) in [4.78, 5) is 4.39. The highest BCUT2D eigenvalue weighted by Gasteiger charge is 2.27. The average Bonchev–Trinajstić information content (AvgIpc) is 3.04. The molecular weight excluding hydrogens is 226 g/mol. The summed E-state index contributed by atoms with van der Waals surface area (Å²) >= 11 is 0. The lowest BCUT2D eigenvalue weighted by Gasteiger charge is -2.03. The van der Waals surface area contributed by atoms with Crippen LogP contribution in [-0.4, -0.2) is 10.1 Å². The van der Waals surface area contributed by atoms with Gasteiger partial charge >= 0.3 is 0 Å². The summed E-state index contributed by atoms with van der Waals surface area (Å²) in [6, 6.07) is 7.95. The van der Waals surface area contributed by atoms with Crippen LogP contribution in [0.3, 0.4) is 0 Å². The third kappa shape index (κ3) is 2.43. The minimum atomic E-state index is -0.121. The van der Waals surface area contributed by atoms with E-state index in [2.05, 4.69) is 17.1 Å². The van der Waals surface area contributed by atoms with Gasteiger partial charge in [-0.2, -0.15) is 4.98 Å². The minimum absolute atomic E-state index is 0.121. The van der Waals surface area contributed by atoms with Crippen molar-refractivity contribution in [1.82, 2.24) is 10.1 Å². The van der Waals surface area contributed by atoms with Crippen LogP contribution in [0.15, 0.2) is 28.8 Å². The molecule has 1 aromatic heterocycles. The van der Waals surface area contributed by atoms with Crippen molar-refractivity contribution in [3.63, 3.8) is 0 Å². The first-order valence-electron chi connectivity index (χ1n) is 6.38. The minimum Gasteiger partial charge on any atom is -0.337 e. The fourth-order valence-corrected chi connectivity index (χ4v) is 2.02. The number of hydrogen-bond acceptors (Lipinski definition) is 4. The summed E-state index contributed by atoms with van der Waals surface area (Å²) in [7, 11) is 0. The topological polar surface area (TPSA) is 64.9 Å². The van der Waals surface area contributed by atoms with Gasteiger partial charge in [0.1, 0.15) is 0 Å². The fourth-order valence-electron chi connectivity index (χ4n) is 2.02. The molecule has 3 rings (SSSR count). The zero-order valence-electron chi connectivity index (χ0n) is 10.5. The second kappa shape index (κ2) is 4.53. The number of benzene rings is 1. The monoisotopic (exact) mass is 243 g/mol. The van der Waals surface area contributed by atoms with Gasteiger partial charge in [0.05, 0.1) is 6.04 Å². The molecule has 94 valence electrons. The number of nitrogens with zero attached hydrogens (tertiary/aromatic N) is 2. The molecule has 0 aliphatic heterocycles. The third-order valence-corrected chi connectivity index (χ3v) is 3.35. The molecule has 0 unspecified atom stereocenters. The van der Waals surface area contributed by atoms with Crippen molar-refractivity contribution in [2.24, 2.45) is 11.7 Å². The highest BCUT2D eigenvalue weighted by atomic mass is 16.5. The van der Waals surface area contributed by atoms with Gasteiger partial charge in [-0.25, -0.2) is 0 Å².